The monoisotopic (exact) mass is 421 g/mol. The summed E-state index contributed by atoms with van der Waals surface area (Å²) in [5, 5.41) is 4.38. The number of thiophene rings is 1. The van der Waals surface area contributed by atoms with Gasteiger partial charge in [-0.1, -0.05) is 24.6 Å². The number of hydrogen-bond donors (Lipinski definition) is 1. The zero-order chi connectivity index (χ0) is 19.5. The average molecular weight is 422 g/mol. The summed E-state index contributed by atoms with van der Waals surface area (Å²) in [5.74, 6) is 0.208. The van der Waals surface area contributed by atoms with E-state index >= 15 is 0 Å². The predicted octanol–water partition coefficient (Wildman–Crippen LogP) is 3.31. The lowest BCUT2D eigenvalue weighted by atomic mass is 9.97. The maximum atomic E-state index is 13.5. The number of aryl methyl sites for hydroxylation is 2. The number of ether oxygens (including phenoxy) is 1. The molecule has 152 valence electrons. The number of aromatic nitrogens is 2. The van der Waals surface area contributed by atoms with Gasteiger partial charge in [-0.3, -0.25) is 14.2 Å². The fourth-order valence-electron chi connectivity index (χ4n) is 4.26. The first-order valence-electron chi connectivity index (χ1n) is 10.1. The maximum absolute atomic E-state index is 13.5. The van der Waals surface area contributed by atoms with E-state index in [1.54, 1.807) is 18.4 Å². The Morgan fingerprint density at radius 1 is 1.29 bits per heavy atom. The van der Waals surface area contributed by atoms with Crippen molar-refractivity contribution in [3.05, 3.63) is 20.8 Å². The van der Waals surface area contributed by atoms with Crippen LogP contribution in [0.2, 0.25) is 0 Å². The van der Waals surface area contributed by atoms with Crippen LogP contribution in [0.3, 0.4) is 0 Å². The smallest absolute Gasteiger partial charge is 0.263 e. The van der Waals surface area contributed by atoms with Gasteiger partial charge in [0, 0.05) is 24.6 Å². The summed E-state index contributed by atoms with van der Waals surface area (Å²) in [5.41, 5.74) is 1.35. The molecule has 0 spiro atoms. The lowest BCUT2D eigenvalue weighted by Gasteiger charge is -2.18. The molecule has 2 aliphatic carbocycles. The third-order valence-corrected chi connectivity index (χ3v) is 7.78. The highest BCUT2D eigenvalue weighted by molar-refractivity contribution is 7.99. The molecule has 0 saturated heterocycles. The number of thioether (sulfide) groups is 1. The van der Waals surface area contributed by atoms with Gasteiger partial charge in [0.15, 0.2) is 5.16 Å². The number of nitrogens with zero attached hydrogens (tertiary/aromatic N) is 2. The molecule has 0 radical (unpaired) electrons. The van der Waals surface area contributed by atoms with Crippen molar-refractivity contribution in [2.24, 2.45) is 0 Å². The van der Waals surface area contributed by atoms with Gasteiger partial charge < -0.3 is 10.1 Å². The zero-order valence-electron chi connectivity index (χ0n) is 16.3. The summed E-state index contributed by atoms with van der Waals surface area (Å²) in [6, 6.07) is 0.211. The number of carbonyl (C=O) groups is 1. The number of carbonyl (C=O) groups excluding carboxylic acids is 1. The van der Waals surface area contributed by atoms with Crippen LogP contribution in [0.1, 0.15) is 55.0 Å². The van der Waals surface area contributed by atoms with Crippen molar-refractivity contribution >= 4 is 39.2 Å². The summed E-state index contributed by atoms with van der Waals surface area (Å²) < 4.78 is 6.87. The molecule has 1 fully saturated rings. The standard InChI is InChI=1S/C20H27N3O3S2/c1-26-11-10-21-16(24)12-27-20-22-18-17(14-8-4-5-9-15(14)28-18)19(25)23(20)13-6-2-3-7-13/h13H,2-12H2,1H3,(H,21,24). The molecule has 1 N–H and O–H groups in total. The van der Waals surface area contributed by atoms with E-state index < -0.39 is 0 Å². The fourth-order valence-corrected chi connectivity index (χ4v) is 6.46. The topological polar surface area (TPSA) is 73.2 Å². The average Bonchev–Trinajstić information content (AvgIpc) is 3.34. The Morgan fingerprint density at radius 3 is 2.86 bits per heavy atom. The molecule has 0 aliphatic heterocycles. The largest absolute Gasteiger partial charge is 0.383 e. The third-order valence-electron chi connectivity index (χ3n) is 5.64. The van der Waals surface area contributed by atoms with Gasteiger partial charge in [0.25, 0.3) is 5.56 Å². The highest BCUT2D eigenvalue weighted by Gasteiger charge is 2.27. The lowest BCUT2D eigenvalue weighted by molar-refractivity contribution is -0.118. The van der Waals surface area contributed by atoms with Crippen molar-refractivity contribution in [2.45, 2.75) is 62.6 Å². The van der Waals surface area contributed by atoms with Crippen LogP contribution in [0.25, 0.3) is 10.2 Å². The molecule has 6 nitrogen and oxygen atoms in total. The van der Waals surface area contributed by atoms with Gasteiger partial charge in [0.2, 0.25) is 5.91 Å². The molecule has 8 heteroatoms. The second-order valence-electron chi connectivity index (χ2n) is 7.53. The molecular formula is C20H27N3O3S2. The van der Waals surface area contributed by atoms with E-state index in [-0.39, 0.29) is 23.3 Å². The first-order valence-corrected chi connectivity index (χ1v) is 11.9. The van der Waals surface area contributed by atoms with E-state index in [4.69, 9.17) is 9.72 Å². The fraction of sp³-hybridized carbons (Fsp3) is 0.650. The van der Waals surface area contributed by atoms with Gasteiger partial charge >= 0.3 is 0 Å². The van der Waals surface area contributed by atoms with E-state index in [0.717, 1.165) is 55.2 Å². The van der Waals surface area contributed by atoms with Crippen LogP contribution in [0.15, 0.2) is 9.95 Å². The van der Waals surface area contributed by atoms with Crippen LogP contribution in [-0.2, 0) is 22.4 Å². The molecule has 2 aliphatic rings. The zero-order valence-corrected chi connectivity index (χ0v) is 17.9. The highest BCUT2D eigenvalue weighted by Crippen LogP contribution is 2.37. The van der Waals surface area contributed by atoms with E-state index in [9.17, 15) is 9.59 Å². The Labute approximate surface area is 173 Å². The molecule has 2 heterocycles. The number of amides is 1. The summed E-state index contributed by atoms with van der Waals surface area (Å²) in [7, 11) is 1.61. The molecular weight excluding hydrogens is 394 g/mol. The lowest BCUT2D eigenvalue weighted by Crippen LogP contribution is -2.30. The van der Waals surface area contributed by atoms with E-state index in [0.29, 0.717) is 18.3 Å². The molecule has 0 aromatic carbocycles. The number of nitrogens with one attached hydrogen (secondary N) is 1. The molecule has 28 heavy (non-hydrogen) atoms. The van der Waals surface area contributed by atoms with Crippen molar-refractivity contribution in [1.29, 1.82) is 0 Å². The molecule has 0 unspecified atom stereocenters. The predicted molar refractivity (Wildman–Crippen MR) is 114 cm³/mol. The van der Waals surface area contributed by atoms with Gasteiger partial charge in [-0.15, -0.1) is 11.3 Å². The molecule has 0 bridgehead atoms. The van der Waals surface area contributed by atoms with Gasteiger partial charge in [0.1, 0.15) is 4.83 Å². The summed E-state index contributed by atoms with van der Waals surface area (Å²) in [4.78, 5) is 32.7. The summed E-state index contributed by atoms with van der Waals surface area (Å²) >= 11 is 3.06. The Hall–Kier alpha value is -1.38. The summed E-state index contributed by atoms with van der Waals surface area (Å²) in [6.07, 6.45) is 8.74. The molecule has 0 atom stereocenters. The number of rotatable bonds is 7. The van der Waals surface area contributed by atoms with Crippen LogP contribution >= 0.6 is 23.1 Å². The minimum Gasteiger partial charge on any atom is -0.383 e. The van der Waals surface area contributed by atoms with Gasteiger partial charge in [0.05, 0.1) is 17.7 Å². The Balaban J connectivity index is 1.67. The van der Waals surface area contributed by atoms with E-state index in [1.165, 1.54) is 28.6 Å². The first-order chi connectivity index (χ1) is 13.7. The van der Waals surface area contributed by atoms with Crippen molar-refractivity contribution in [2.75, 3.05) is 26.0 Å². The summed E-state index contributed by atoms with van der Waals surface area (Å²) in [6.45, 7) is 0.990. The van der Waals surface area contributed by atoms with E-state index in [2.05, 4.69) is 5.32 Å². The van der Waals surface area contributed by atoms with Crippen molar-refractivity contribution in [3.8, 4) is 0 Å². The highest BCUT2D eigenvalue weighted by atomic mass is 32.2. The number of methoxy groups -OCH3 is 1. The van der Waals surface area contributed by atoms with Crippen molar-refractivity contribution < 1.29 is 9.53 Å². The Bertz CT molecular complexity index is 916. The normalized spacial score (nSPS) is 17.2. The SMILES string of the molecule is COCCNC(=O)CSc1nc2sc3c(c2c(=O)n1C1CCCC1)CCCC3. The Morgan fingerprint density at radius 2 is 2.07 bits per heavy atom. The van der Waals surface area contributed by atoms with Crippen LogP contribution in [0.4, 0.5) is 0 Å². The quantitative estimate of drug-likeness (QED) is 0.422. The second kappa shape index (κ2) is 8.97. The van der Waals surface area contributed by atoms with Crippen molar-refractivity contribution in [1.82, 2.24) is 14.9 Å². The number of fused-ring (bicyclic) bond motifs is 3. The van der Waals surface area contributed by atoms with Gasteiger partial charge in [-0.2, -0.15) is 0 Å². The minimum atomic E-state index is -0.0557. The number of hydrogen-bond acceptors (Lipinski definition) is 6. The van der Waals surface area contributed by atoms with Crippen molar-refractivity contribution in [3.63, 3.8) is 0 Å². The molecule has 2 aromatic heterocycles. The maximum Gasteiger partial charge on any atom is 0.263 e. The molecule has 1 amide bonds. The van der Waals surface area contributed by atoms with Crippen LogP contribution in [0, 0.1) is 0 Å². The van der Waals surface area contributed by atoms with E-state index in [1.807, 2.05) is 4.57 Å². The van der Waals surface area contributed by atoms with Gasteiger partial charge in [-0.25, -0.2) is 4.98 Å². The Kier molecular flexibility index (Phi) is 6.38. The van der Waals surface area contributed by atoms with Crippen LogP contribution in [0.5, 0.6) is 0 Å². The van der Waals surface area contributed by atoms with Crippen LogP contribution < -0.4 is 10.9 Å². The first kappa shape index (κ1) is 19.9. The second-order valence-corrected chi connectivity index (χ2v) is 9.56. The third kappa shape index (κ3) is 4.00. The van der Waals surface area contributed by atoms with Crippen LogP contribution in [-0.4, -0.2) is 41.5 Å². The molecule has 2 aromatic rings. The molecule has 4 rings (SSSR count). The minimum absolute atomic E-state index is 0.0557. The van der Waals surface area contributed by atoms with Gasteiger partial charge in [-0.05, 0) is 44.1 Å². The molecule has 1 saturated carbocycles.